The Morgan fingerprint density at radius 3 is 2.82 bits per heavy atom. The lowest BCUT2D eigenvalue weighted by Gasteiger charge is -2.06. The number of fused-ring (bicyclic) bond motifs is 1. The van der Waals surface area contributed by atoms with E-state index in [0.717, 1.165) is 5.01 Å². The molecule has 0 bridgehead atoms. The van der Waals surface area contributed by atoms with E-state index in [9.17, 15) is 4.79 Å². The number of halogens is 1. The van der Waals surface area contributed by atoms with Crippen molar-refractivity contribution < 1.29 is 14.3 Å². The van der Waals surface area contributed by atoms with E-state index in [1.807, 2.05) is 0 Å². The van der Waals surface area contributed by atoms with Crippen LogP contribution in [0.3, 0.4) is 0 Å². The summed E-state index contributed by atoms with van der Waals surface area (Å²) in [5, 5.41) is 5.29. The lowest BCUT2D eigenvalue weighted by molar-refractivity contribution is 0.174. The Balaban J connectivity index is 2.25. The lowest BCUT2D eigenvalue weighted by Crippen LogP contribution is -2.27. The lowest BCUT2D eigenvalue weighted by atomic mass is 10.2. The molecule has 0 aromatic heterocycles. The Hall–Kier alpha value is -1.95. The van der Waals surface area contributed by atoms with Gasteiger partial charge in [0.05, 0.1) is 11.2 Å². The maximum atomic E-state index is 10.7. The molecule has 0 unspecified atom stereocenters. The van der Waals surface area contributed by atoms with E-state index in [2.05, 4.69) is 5.10 Å². The summed E-state index contributed by atoms with van der Waals surface area (Å²) >= 11 is 6.01. The van der Waals surface area contributed by atoms with Gasteiger partial charge in [-0.1, -0.05) is 11.6 Å². The quantitative estimate of drug-likeness (QED) is 0.641. The van der Waals surface area contributed by atoms with Crippen LogP contribution in [0.5, 0.6) is 11.5 Å². The first-order valence-corrected chi connectivity index (χ1v) is 5.12. The zero-order valence-electron chi connectivity index (χ0n) is 9.01. The maximum Gasteiger partial charge on any atom is 0.334 e. The molecule has 0 spiro atoms. The fourth-order valence-electron chi connectivity index (χ4n) is 1.24. The number of hydrazone groups is 1. The number of rotatable bonds is 2. The summed E-state index contributed by atoms with van der Waals surface area (Å²) in [7, 11) is 1.44. The number of nitrogens with zero attached hydrogens (tertiary/aromatic N) is 2. The highest BCUT2D eigenvalue weighted by Crippen LogP contribution is 2.36. The number of hydrogen-bond donors (Lipinski definition) is 1. The molecular weight excluding hydrogens is 246 g/mol. The number of amides is 2. The first-order chi connectivity index (χ1) is 8.08. The van der Waals surface area contributed by atoms with Crippen LogP contribution in [-0.2, 0) is 0 Å². The second kappa shape index (κ2) is 4.50. The molecular formula is C10H10ClN3O3. The van der Waals surface area contributed by atoms with Crippen molar-refractivity contribution in [2.24, 2.45) is 10.8 Å². The molecule has 2 N–H and O–H groups in total. The molecule has 2 rings (SSSR count). The fraction of sp³-hybridized carbons (Fsp3) is 0.200. The van der Waals surface area contributed by atoms with Crippen LogP contribution < -0.4 is 15.2 Å². The van der Waals surface area contributed by atoms with E-state index >= 15 is 0 Å². The van der Waals surface area contributed by atoms with Crippen molar-refractivity contribution in [1.82, 2.24) is 5.01 Å². The summed E-state index contributed by atoms with van der Waals surface area (Å²) in [6.45, 7) is 0.174. The molecule has 90 valence electrons. The van der Waals surface area contributed by atoms with Gasteiger partial charge in [0.1, 0.15) is 0 Å². The predicted molar refractivity (Wildman–Crippen MR) is 62.5 cm³/mol. The third-order valence-electron chi connectivity index (χ3n) is 2.18. The van der Waals surface area contributed by atoms with Gasteiger partial charge >= 0.3 is 6.03 Å². The minimum absolute atomic E-state index is 0.174. The summed E-state index contributed by atoms with van der Waals surface area (Å²) in [5.74, 6) is 1.19. The normalized spacial score (nSPS) is 13.1. The minimum Gasteiger partial charge on any atom is -0.454 e. The molecule has 1 aromatic rings. The topological polar surface area (TPSA) is 77.2 Å². The van der Waals surface area contributed by atoms with Crippen molar-refractivity contribution in [3.63, 3.8) is 0 Å². The van der Waals surface area contributed by atoms with Gasteiger partial charge in [-0.05, 0) is 6.07 Å². The Kier molecular flexibility index (Phi) is 3.06. The Morgan fingerprint density at radius 2 is 2.18 bits per heavy atom. The molecule has 0 aliphatic carbocycles. The molecule has 0 saturated carbocycles. The highest BCUT2D eigenvalue weighted by Gasteiger charge is 2.15. The van der Waals surface area contributed by atoms with Gasteiger partial charge in [0.2, 0.25) is 6.79 Å². The average Bonchev–Trinajstić information content (AvgIpc) is 2.72. The van der Waals surface area contributed by atoms with Crippen molar-refractivity contribution >= 4 is 23.8 Å². The van der Waals surface area contributed by atoms with Gasteiger partial charge in [-0.25, -0.2) is 9.80 Å². The smallest absolute Gasteiger partial charge is 0.334 e. The summed E-state index contributed by atoms with van der Waals surface area (Å²) in [5.41, 5.74) is 5.64. The van der Waals surface area contributed by atoms with Crippen molar-refractivity contribution in [2.45, 2.75) is 0 Å². The zero-order valence-corrected chi connectivity index (χ0v) is 9.77. The monoisotopic (exact) mass is 255 g/mol. The SMILES string of the molecule is CN(/N=C\c1cc2c(cc1Cl)OCO2)C(N)=O. The Labute approximate surface area is 103 Å². The zero-order chi connectivity index (χ0) is 12.4. The molecule has 1 heterocycles. The first kappa shape index (κ1) is 11.5. The number of urea groups is 1. The maximum absolute atomic E-state index is 10.7. The largest absolute Gasteiger partial charge is 0.454 e. The minimum atomic E-state index is -0.655. The van der Waals surface area contributed by atoms with E-state index in [-0.39, 0.29) is 6.79 Å². The molecule has 2 amide bonds. The highest BCUT2D eigenvalue weighted by molar-refractivity contribution is 6.33. The van der Waals surface area contributed by atoms with Crippen molar-refractivity contribution in [1.29, 1.82) is 0 Å². The van der Waals surface area contributed by atoms with Crippen LogP contribution in [-0.4, -0.2) is 31.1 Å². The Morgan fingerprint density at radius 1 is 1.53 bits per heavy atom. The number of carbonyl (C=O) groups is 1. The number of carbonyl (C=O) groups excluding carboxylic acids is 1. The van der Waals surface area contributed by atoms with E-state index < -0.39 is 6.03 Å². The van der Waals surface area contributed by atoms with Crippen LogP contribution in [0, 0.1) is 0 Å². The number of primary amides is 1. The van der Waals surface area contributed by atoms with Crippen LogP contribution >= 0.6 is 11.6 Å². The molecule has 0 saturated heterocycles. The first-order valence-electron chi connectivity index (χ1n) is 4.74. The summed E-state index contributed by atoms with van der Waals surface area (Å²) < 4.78 is 10.4. The molecule has 0 radical (unpaired) electrons. The van der Waals surface area contributed by atoms with Gasteiger partial charge < -0.3 is 15.2 Å². The molecule has 1 aromatic carbocycles. The van der Waals surface area contributed by atoms with Crippen LogP contribution in [0.4, 0.5) is 4.79 Å². The molecule has 17 heavy (non-hydrogen) atoms. The Bertz CT molecular complexity index is 490. The van der Waals surface area contributed by atoms with Crippen molar-refractivity contribution in [3.8, 4) is 11.5 Å². The number of hydrogen-bond acceptors (Lipinski definition) is 4. The van der Waals surface area contributed by atoms with E-state index in [4.69, 9.17) is 26.8 Å². The average molecular weight is 256 g/mol. The van der Waals surface area contributed by atoms with Crippen LogP contribution in [0.15, 0.2) is 17.2 Å². The van der Waals surface area contributed by atoms with Gasteiger partial charge in [0.25, 0.3) is 0 Å². The molecule has 6 nitrogen and oxygen atoms in total. The summed E-state index contributed by atoms with van der Waals surface area (Å²) in [6, 6.07) is 2.66. The summed E-state index contributed by atoms with van der Waals surface area (Å²) in [4.78, 5) is 10.7. The van der Waals surface area contributed by atoms with Gasteiger partial charge in [0, 0.05) is 18.7 Å². The van der Waals surface area contributed by atoms with Gasteiger partial charge in [-0.15, -0.1) is 0 Å². The van der Waals surface area contributed by atoms with Gasteiger partial charge in [0.15, 0.2) is 11.5 Å². The second-order valence-corrected chi connectivity index (χ2v) is 3.74. The molecule has 1 aliphatic heterocycles. The number of nitrogens with two attached hydrogens (primary N) is 1. The van der Waals surface area contributed by atoms with Crippen molar-refractivity contribution in [2.75, 3.05) is 13.8 Å². The van der Waals surface area contributed by atoms with Crippen LogP contribution in [0.25, 0.3) is 0 Å². The second-order valence-electron chi connectivity index (χ2n) is 3.33. The van der Waals surface area contributed by atoms with E-state index in [1.54, 1.807) is 12.1 Å². The molecule has 0 fully saturated rings. The molecule has 0 atom stereocenters. The number of ether oxygens (including phenoxy) is 2. The van der Waals surface area contributed by atoms with Gasteiger partial charge in [-0.2, -0.15) is 5.10 Å². The van der Waals surface area contributed by atoms with Crippen molar-refractivity contribution in [3.05, 3.63) is 22.7 Å². The van der Waals surface area contributed by atoms with Crippen LogP contribution in [0.1, 0.15) is 5.56 Å². The number of benzene rings is 1. The van der Waals surface area contributed by atoms with Gasteiger partial charge in [-0.3, -0.25) is 0 Å². The molecule has 7 heteroatoms. The third-order valence-corrected chi connectivity index (χ3v) is 2.51. The predicted octanol–water partition coefficient (Wildman–Crippen LogP) is 1.41. The van der Waals surface area contributed by atoms with Crippen LogP contribution in [0.2, 0.25) is 5.02 Å². The molecule has 1 aliphatic rings. The standard InChI is InChI=1S/C10H10ClN3O3/c1-14(10(12)15)13-4-6-2-8-9(3-7(6)11)17-5-16-8/h2-4H,5H2,1H3,(H2,12,15)/b13-4-. The fourth-order valence-corrected chi connectivity index (χ4v) is 1.44. The van der Waals surface area contributed by atoms with E-state index in [0.29, 0.717) is 22.1 Å². The highest BCUT2D eigenvalue weighted by atomic mass is 35.5. The third kappa shape index (κ3) is 2.42. The van der Waals surface area contributed by atoms with E-state index in [1.165, 1.54) is 13.3 Å². The summed E-state index contributed by atoms with van der Waals surface area (Å²) in [6.07, 6.45) is 1.43.